The van der Waals surface area contributed by atoms with Crippen LogP contribution in [-0.2, 0) is 6.42 Å². The molecule has 4 heteroatoms. The highest BCUT2D eigenvalue weighted by molar-refractivity contribution is 7.98. The average molecular weight is 321 g/mol. The van der Waals surface area contributed by atoms with Gasteiger partial charge in [0, 0.05) is 22.2 Å². The number of nitrogens with one attached hydrogen (secondary N) is 1. The van der Waals surface area contributed by atoms with E-state index in [9.17, 15) is 0 Å². The first-order chi connectivity index (χ1) is 10.2. The first-order valence-electron chi connectivity index (χ1n) is 7.44. The fourth-order valence-corrected chi connectivity index (χ4v) is 4.01. The Balaban J connectivity index is 2.25. The first-order valence-corrected chi connectivity index (χ1v) is 9.49. The largest absolute Gasteiger partial charge is 0.310 e. The molecule has 0 radical (unpaired) electrons. The molecule has 1 unspecified atom stereocenters. The van der Waals surface area contributed by atoms with Gasteiger partial charge in [0.25, 0.3) is 0 Å². The Bertz CT molecular complexity index is 558. The van der Waals surface area contributed by atoms with Crippen LogP contribution in [0.5, 0.6) is 0 Å². The zero-order valence-electron chi connectivity index (χ0n) is 13.3. The van der Waals surface area contributed by atoms with Gasteiger partial charge in [-0.1, -0.05) is 25.1 Å². The van der Waals surface area contributed by atoms with Crippen molar-refractivity contribution in [3.8, 4) is 0 Å². The minimum Gasteiger partial charge on any atom is -0.310 e. The van der Waals surface area contributed by atoms with Gasteiger partial charge in [-0.2, -0.15) is 0 Å². The average Bonchev–Trinajstić information content (AvgIpc) is 2.81. The molecule has 1 aromatic carbocycles. The van der Waals surface area contributed by atoms with Crippen LogP contribution in [0.15, 0.2) is 29.2 Å². The molecule has 0 saturated heterocycles. The third-order valence-corrected chi connectivity index (χ3v) is 5.51. The minimum absolute atomic E-state index is 0.346. The molecule has 114 valence electrons. The molecule has 2 rings (SSSR count). The lowest BCUT2D eigenvalue weighted by atomic mass is 10.0. The van der Waals surface area contributed by atoms with E-state index in [1.807, 2.05) is 23.1 Å². The first kappa shape index (κ1) is 16.5. The fraction of sp³-hybridized carbons (Fsp3) is 0.471. The zero-order chi connectivity index (χ0) is 15.2. The van der Waals surface area contributed by atoms with Crippen LogP contribution in [0.2, 0.25) is 0 Å². The van der Waals surface area contributed by atoms with Crippen LogP contribution in [-0.4, -0.2) is 17.8 Å². The number of aromatic nitrogens is 1. The van der Waals surface area contributed by atoms with Gasteiger partial charge in [0.2, 0.25) is 0 Å². The van der Waals surface area contributed by atoms with E-state index in [2.05, 4.69) is 56.6 Å². The van der Waals surface area contributed by atoms with E-state index in [0.29, 0.717) is 6.04 Å². The highest BCUT2D eigenvalue weighted by Crippen LogP contribution is 2.29. The Labute approximate surface area is 136 Å². The van der Waals surface area contributed by atoms with Crippen LogP contribution in [0.1, 0.15) is 40.5 Å². The number of aryl methyl sites for hydroxylation is 2. The number of nitrogens with zero attached hydrogens (tertiary/aromatic N) is 1. The summed E-state index contributed by atoms with van der Waals surface area (Å²) in [5.41, 5.74) is 2.56. The Morgan fingerprint density at radius 3 is 2.67 bits per heavy atom. The molecule has 1 atom stereocenters. The van der Waals surface area contributed by atoms with E-state index >= 15 is 0 Å². The van der Waals surface area contributed by atoms with E-state index < -0.39 is 0 Å². The van der Waals surface area contributed by atoms with E-state index in [1.54, 1.807) is 0 Å². The molecule has 0 aliphatic heterocycles. The lowest BCUT2D eigenvalue weighted by Gasteiger charge is -2.20. The second kappa shape index (κ2) is 7.97. The van der Waals surface area contributed by atoms with Gasteiger partial charge in [0.1, 0.15) is 0 Å². The van der Waals surface area contributed by atoms with Crippen molar-refractivity contribution in [2.24, 2.45) is 0 Å². The summed E-state index contributed by atoms with van der Waals surface area (Å²) in [6.07, 6.45) is 4.26. The normalized spacial score (nSPS) is 12.6. The van der Waals surface area contributed by atoms with Gasteiger partial charge in [-0.25, -0.2) is 4.98 Å². The van der Waals surface area contributed by atoms with Gasteiger partial charge in [-0.15, -0.1) is 23.1 Å². The van der Waals surface area contributed by atoms with Gasteiger partial charge in [0.05, 0.1) is 10.7 Å². The third-order valence-electron chi connectivity index (χ3n) is 3.61. The highest BCUT2D eigenvalue weighted by atomic mass is 32.2. The lowest BCUT2D eigenvalue weighted by molar-refractivity contribution is 0.521. The molecular formula is C17H24N2S2. The summed E-state index contributed by atoms with van der Waals surface area (Å²) < 4.78 is 0. The van der Waals surface area contributed by atoms with Crippen molar-refractivity contribution in [3.63, 3.8) is 0 Å². The quantitative estimate of drug-likeness (QED) is 0.744. The molecule has 0 bridgehead atoms. The van der Waals surface area contributed by atoms with Crippen LogP contribution in [0.4, 0.5) is 0 Å². The number of hydrogen-bond donors (Lipinski definition) is 1. The number of rotatable bonds is 7. The van der Waals surface area contributed by atoms with Crippen molar-refractivity contribution in [1.82, 2.24) is 10.3 Å². The Morgan fingerprint density at radius 2 is 2.05 bits per heavy atom. The van der Waals surface area contributed by atoms with Crippen LogP contribution in [0, 0.1) is 13.8 Å². The Morgan fingerprint density at radius 1 is 1.29 bits per heavy atom. The summed E-state index contributed by atoms with van der Waals surface area (Å²) >= 11 is 3.65. The molecule has 2 nitrogen and oxygen atoms in total. The van der Waals surface area contributed by atoms with Crippen molar-refractivity contribution in [2.75, 3.05) is 12.8 Å². The van der Waals surface area contributed by atoms with Crippen molar-refractivity contribution in [2.45, 2.75) is 44.6 Å². The maximum Gasteiger partial charge on any atom is 0.0949 e. The SMILES string of the molecule is CCCNC(Cc1nc(C)c(C)s1)c1ccccc1SC. The van der Waals surface area contributed by atoms with Crippen molar-refractivity contribution in [1.29, 1.82) is 0 Å². The molecule has 1 N–H and O–H groups in total. The van der Waals surface area contributed by atoms with Crippen LogP contribution in [0.3, 0.4) is 0 Å². The zero-order valence-corrected chi connectivity index (χ0v) is 14.9. The van der Waals surface area contributed by atoms with Crippen LogP contribution < -0.4 is 5.32 Å². The van der Waals surface area contributed by atoms with Gasteiger partial charge in [-0.3, -0.25) is 0 Å². The second-order valence-corrected chi connectivity index (χ2v) is 7.34. The number of hydrogen-bond acceptors (Lipinski definition) is 4. The molecule has 1 heterocycles. The van der Waals surface area contributed by atoms with Gasteiger partial charge in [0.15, 0.2) is 0 Å². The molecule has 0 aliphatic carbocycles. The Hall–Kier alpha value is -0.840. The van der Waals surface area contributed by atoms with Crippen LogP contribution in [0.25, 0.3) is 0 Å². The van der Waals surface area contributed by atoms with E-state index in [-0.39, 0.29) is 0 Å². The van der Waals surface area contributed by atoms with Crippen molar-refractivity contribution >= 4 is 23.1 Å². The molecule has 0 aliphatic rings. The summed E-state index contributed by atoms with van der Waals surface area (Å²) in [4.78, 5) is 7.40. The topological polar surface area (TPSA) is 24.9 Å². The smallest absolute Gasteiger partial charge is 0.0949 e. The summed E-state index contributed by atoms with van der Waals surface area (Å²) in [5.74, 6) is 0. The van der Waals surface area contributed by atoms with E-state index in [1.165, 1.54) is 26.0 Å². The lowest BCUT2D eigenvalue weighted by Crippen LogP contribution is -2.24. The molecule has 0 saturated carbocycles. The maximum atomic E-state index is 4.71. The number of thioether (sulfide) groups is 1. The monoisotopic (exact) mass is 320 g/mol. The molecule has 21 heavy (non-hydrogen) atoms. The van der Waals surface area contributed by atoms with E-state index in [4.69, 9.17) is 4.98 Å². The van der Waals surface area contributed by atoms with Crippen LogP contribution >= 0.6 is 23.1 Å². The molecule has 2 aromatic rings. The predicted molar refractivity (Wildman–Crippen MR) is 94.5 cm³/mol. The van der Waals surface area contributed by atoms with E-state index in [0.717, 1.165) is 19.4 Å². The molecule has 0 fully saturated rings. The number of benzene rings is 1. The number of thiazole rings is 1. The Kier molecular flexibility index (Phi) is 6.27. The summed E-state index contributed by atoms with van der Waals surface area (Å²) in [5, 5.41) is 4.92. The summed E-state index contributed by atoms with van der Waals surface area (Å²) in [6, 6.07) is 9.04. The standard InChI is InChI=1S/C17H24N2S2/c1-5-10-18-15(11-17-19-12(2)13(3)21-17)14-8-6-7-9-16(14)20-4/h6-9,15,18H,5,10-11H2,1-4H3. The highest BCUT2D eigenvalue weighted by Gasteiger charge is 2.17. The summed E-state index contributed by atoms with van der Waals surface area (Å²) in [7, 11) is 0. The minimum atomic E-state index is 0.346. The second-order valence-electron chi connectivity index (χ2n) is 5.20. The van der Waals surface area contributed by atoms with Gasteiger partial charge >= 0.3 is 0 Å². The van der Waals surface area contributed by atoms with Crippen molar-refractivity contribution in [3.05, 3.63) is 45.4 Å². The van der Waals surface area contributed by atoms with Crippen molar-refractivity contribution < 1.29 is 0 Å². The predicted octanol–water partition coefficient (Wildman–Crippen LogP) is 4.77. The molecule has 0 spiro atoms. The van der Waals surface area contributed by atoms with Gasteiger partial charge < -0.3 is 5.32 Å². The molecule has 0 amide bonds. The fourth-order valence-electron chi connectivity index (χ4n) is 2.37. The maximum absolute atomic E-state index is 4.71. The molecule has 1 aromatic heterocycles. The third kappa shape index (κ3) is 4.31. The molecular weight excluding hydrogens is 296 g/mol. The van der Waals surface area contributed by atoms with Gasteiger partial charge in [-0.05, 0) is 44.7 Å². The summed E-state index contributed by atoms with van der Waals surface area (Å²) in [6.45, 7) is 7.50.